The third kappa shape index (κ3) is 3.79. The Bertz CT molecular complexity index is 571. The second-order valence-electron chi connectivity index (χ2n) is 6.69. The van der Waals surface area contributed by atoms with E-state index in [1.807, 2.05) is 0 Å². The number of hydrogen-bond acceptors (Lipinski definition) is 2. The molecule has 0 spiro atoms. The average molecular weight is 330 g/mol. The Labute approximate surface area is 133 Å². The molecule has 3 nitrogen and oxygen atoms in total. The minimum atomic E-state index is -3.41. The van der Waals surface area contributed by atoms with E-state index in [9.17, 15) is 8.42 Å². The molecule has 118 valence electrons. The number of sulfonamides is 1. The fourth-order valence-corrected chi connectivity index (χ4v) is 4.45. The van der Waals surface area contributed by atoms with E-state index in [2.05, 4.69) is 13.8 Å². The largest absolute Gasteiger partial charge is 0.243 e. The van der Waals surface area contributed by atoms with Crippen LogP contribution < -0.4 is 0 Å². The first-order chi connectivity index (χ1) is 9.76. The minimum Gasteiger partial charge on any atom is -0.207 e. The predicted octanol–water partition coefficient (Wildman–Crippen LogP) is 4.01. The third-order valence-corrected chi connectivity index (χ3v) is 6.81. The van der Waals surface area contributed by atoms with Crippen LogP contribution in [0.5, 0.6) is 0 Å². The zero-order chi connectivity index (χ0) is 15.7. The molecule has 0 unspecified atom stereocenters. The van der Waals surface area contributed by atoms with Gasteiger partial charge in [0.05, 0.1) is 4.90 Å². The van der Waals surface area contributed by atoms with Crippen LogP contribution in [0.15, 0.2) is 29.2 Å². The van der Waals surface area contributed by atoms with Crippen molar-refractivity contribution in [2.75, 3.05) is 7.05 Å². The lowest BCUT2D eigenvalue weighted by atomic mass is 9.76. The Morgan fingerprint density at radius 3 is 2.19 bits per heavy atom. The topological polar surface area (TPSA) is 37.4 Å². The molecule has 0 atom stereocenters. The zero-order valence-electron chi connectivity index (χ0n) is 13.0. The fourth-order valence-electron chi connectivity index (χ4n) is 2.86. The molecule has 0 radical (unpaired) electrons. The molecule has 0 N–H and O–H groups in total. The van der Waals surface area contributed by atoms with E-state index in [1.54, 1.807) is 35.6 Å². The average Bonchev–Trinajstić information content (AvgIpc) is 2.46. The van der Waals surface area contributed by atoms with Crippen molar-refractivity contribution in [2.45, 2.75) is 56.3 Å². The third-order valence-electron chi connectivity index (χ3n) is 4.58. The number of alkyl halides is 1. The van der Waals surface area contributed by atoms with Gasteiger partial charge in [0.25, 0.3) is 0 Å². The van der Waals surface area contributed by atoms with Crippen LogP contribution in [0.2, 0.25) is 0 Å². The lowest BCUT2D eigenvalue weighted by Gasteiger charge is -2.38. The molecule has 1 aliphatic carbocycles. The molecular formula is C16H24ClNO2S. The SMILES string of the molecule is CN(C1CCC(C)(C)CC1)S(=O)(=O)c1ccc(CCl)cc1. The van der Waals surface area contributed by atoms with Gasteiger partial charge in [-0.05, 0) is 48.8 Å². The summed E-state index contributed by atoms with van der Waals surface area (Å²) in [6.45, 7) is 4.51. The summed E-state index contributed by atoms with van der Waals surface area (Å²) in [5.74, 6) is 0.397. The zero-order valence-corrected chi connectivity index (χ0v) is 14.5. The number of benzene rings is 1. The summed E-state index contributed by atoms with van der Waals surface area (Å²) < 4.78 is 26.9. The van der Waals surface area contributed by atoms with Gasteiger partial charge in [-0.15, -0.1) is 11.6 Å². The summed E-state index contributed by atoms with van der Waals surface area (Å²) in [6.07, 6.45) is 4.01. The molecule has 0 aromatic heterocycles. The van der Waals surface area contributed by atoms with Gasteiger partial charge in [0.15, 0.2) is 0 Å². The number of rotatable bonds is 4. The van der Waals surface area contributed by atoms with Crippen molar-refractivity contribution in [3.63, 3.8) is 0 Å². The predicted molar refractivity (Wildman–Crippen MR) is 87.0 cm³/mol. The molecule has 0 saturated heterocycles. The Kier molecular flexibility index (Phi) is 5.01. The normalized spacial score (nSPS) is 19.9. The Morgan fingerprint density at radius 2 is 1.71 bits per heavy atom. The lowest BCUT2D eigenvalue weighted by Crippen LogP contribution is -2.40. The van der Waals surface area contributed by atoms with Crippen LogP contribution in [0, 0.1) is 5.41 Å². The molecule has 21 heavy (non-hydrogen) atoms. The van der Waals surface area contributed by atoms with E-state index in [4.69, 9.17) is 11.6 Å². The fraction of sp³-hybridized carbons (Fsp3) is 0.625. The molecule has 1 saturated carbocycles. The van der Waals surface area contributed by atoms with E-state index in [0.717, 1.165) is 31.2 Å². The highest BCUT2D eigenvalue weighted by atomic mass is 35.5. The van der Waals surface area contributed by atoms with Crippen molar-refractivity contribution < 1.29 is 8.42 Å². The van der Waals surface area contributed by atoms with Crippen molar-refractivity contribution in [2.24, 2.45) is 5.41 Å². The summed E-state index contributed by atoms with van der Waals surface area (Å²) in [4.78, 5) is 0.351. The van der Waals surface area contributed by atoms with Gasteiger partial charge >= 0.3 is 0 Å². The van der Waals surface area contributed by atoms with E-state index in [0.29, 0.717) is 16.2 Å². The van der Waals surface area contributed by atoms with Crippen molar-refractivity contribution in [1.82, 2.24) is 4.31 Å². The smallest absolute Gasteiger partial charge is 0.207 e. The van der Waals surface area contributed by atoms with Crippen molar-refractivity contribution in [3.05, 3.63) is 29.8 Å². The molecule has 1 aliphatic rings. The van der Waals surface area contributed by atoms with Crippen molar-refractivity contribution in [3.8, 4) is 0 Å². The first-order valence-electron chi connectivity index (χ1n) is 7.39. The Morgan fingerprint density at radius 1 is 1.19 bits per heavy atom. The standard InChI is InChI=1S/C16H24ClNO2S/c1-16(2)10-8-14(9-11-16)18(3)21(19,20)15-6-4-13(12-17)5-7-15/h4-7,14H,8-12H2,1-3H3. The van der Waals surface area contributed by atoms with Gasteiger partial charge in [-0.1, -0.05) is 26.0 Å². The van der Waals surface area contributed by atoms with Gasteiger partial charge in [-0.25, -0.2) is 8.42 Å². The highest BCUT2D eigenvalue weighted by molar-refractivity contribution is 7.89. The summed E-state index contributed by atoms with van der Waals surface area (Å²) in [5, 5.41) is 0. The van der Waals surface area contributed by atoms with Gasteiger partial charge in [0.1, 0.15) is 0 Å². The van der Waals surface area contributed by atoms with Crippen LogP contribution in [0.1, 0.15) is 45.1 Å². The highest BCUT2D eigenvalue weighted by Gasteiger charge is 2.33. The summed E-state index contributed by atoms with van der Waals surface area (Å²) in [6, 6.07) is 6.96. The van der Waals surface area contributed by atoms with Crippen molar-refractivity contribution in [1.29, 1.82) is 0 Å². The molecule has 0 amide bonds. The first-order valence-corrected chi connectivity index (χ1v) is 9.37. The monoisotopic (exact) mass is 329 g/mol. The maximum atomic E-state index is 12.7. The van der Waals surface area contributed by atoms with E-state index >= 15 is 0 Å². The molecule has 0 bridgehead atoms. The van der Waals surface area contributed by atoms with Crippen LogP contribution >= 0.6 is 11.6 Å². The molecule has 1 fully saturated rings. The maximum absolute atomic E-state index is 12.7. The van der Waals surface area contributed by atoms with E-state index in [1.165, 1.54) is 0 Å². The summed E-state index contributed by atoms with van der Waals surface area (Å²) >= 11 is 5.74. The van der Waals surface area contributed by atoms with Crippen LogP contribution in [-0.2, 0) is 15.9 Å². The maximum Gasteiger partial charge on any atom is 0.243 e. The van der Waals surface area contributed by atoms with Crippen LogP contribution in [-0.4, -0.2) is 25.8 Å². The minimum absolute atomic E-state index is 0.107. The number of halogens is 1. The van der Waals surface area contributed by atoms with Gasteiger partial charge in [0, 0.05) is 19.0 Å². The van der Waals surface area contributed by atoms with Gasteiger partial charge < -0.3 is 0 Å². The second kappa shape index (κ2) is 6.27. The van der Waals surface area contributed by atoms with E-state index in [-0.39, 0.29) is 6.04 Å². The molecular weight excluding hydrogens is 306 g/mol. The lowest BCUT2D eigenvalue weighted by molar-refractivity contribution is 0.174. The quantitative estimate of drug-likeness (QED) is 0.782. The molecule has 1 aromatic rings. The van der Waals surface area contributed by atoms with Crippen LogP contribution in [0.4, 0.5) is 0 Å². The molecule has 2 rings (SSSR count). The first kappa shape index (κ1) is 16.8. The highest BCUT2D eigenvalue weighted by Crippen LogP contribution is 2.37. The molecule has 0 heterocycles. The molecule has 0 aliphatic heterocycles. The number of hydrogen-bond donors (Lipinski definition) is 0. The van der Waals surface area contributed by atoms with Crippen LogP contribution in [0.25, 0.3) is 0 Å². The summed E-state index contributed by atoms with van der Waals surface area (Å²) in [5.41, 5.74) is 1.26. The van der Waals surface area contributed by atoms with Crippen LogP contribution in [0.3, 0.4) is 0 Å². The van der Waals surface area contributed by atoms with E-state index < -0.39 is 10.0 Å². The molecule has 5 heteroatoms. The Balaban J connectivity index is 2.15. The summed E-state index contributed by atoms with van der Waals surface area (Å²) in [7, 11) is -1.71. The Hall–Kier alpha value is -0.580. The van der Waals surface area contributed by atoms with Crippen molar-refractivity contribution >= 4 is 21.6 Å². The van der Waals surface area contributed by atoms with Gasteiger partial charge in [-0.3, -0.25) is 0 Å². The van der Waals surface area contributed by atoms with Gasteiger partial charge in [-0.2, -0.15) is 4.31 Å². The molecule has 1 aromatic carbocycles. The van der Waals surface area contributed by atoms with Gasteiger partial charge in [0.2, 0.25) is 10.0 Å². The second-order valence-corrected chi connectivity index (χ2v) is 8.96. The number of nitrogens with zero attached hydrogens (tertiary/aromatic N) is 1.